The van der Waals surface area contributed by atoms with Gasteiger partial charge in [-0.1, -0.05) is 140 Å². The van der Waals surface area contributed by atoms with E-state index in [0.29, 0.717) is 36.3 Å². The number of esters is 1. The zero-order chi connectivity index (χ0) is 41.4. The minimum absolute atomic E-state index is 0.0194. The van der Waals surface area contributed by atoms with Gasteiger partial charge in [0.05, 0.1) is 6.42 Å². The summed E-state index contributed by atoms with van der Waals surface area (Å²) < 4.78 is 5.50. The topological polar surface area (TPSA) is 87.7 Å². The Morgan fingerprint density at radius 1 is 0.526 bits per heavy atom. The van der Waals surface area contributed by atoms with Crippen LogP contribution in [0.4, 0.5) is 0 Å². The Bertz CT molecular complexity index is 1200. The fourth-order valence-electron chi connectivity index (χ4n) is 6.42. The van der Waals surface area contributed by atoms with Gasteiger partial charge < -0.3 is 20.3 Å². The first kappa shape index (κ1) is 51.6. The third-order valence-electron chi connectivity index (χ3n) is 10.0. The first-order valence-electron chi connectivity index (χ1n) is 23.0. The van der Waals surface area contributed by atoms with Crippen LogP contribution in [0.2, 0.25) is 0 Å². The van der Waals surface area contributed by atoms with E-state index < -0.39 is 0 Å². The summed E-state index contributed by atoms with van der Waals surface area (Å²) in [5.74, 6) is -0.727. The van der Waals surface area contributed by atoms with Gasteiger partial charge in [-0.25, -0.2) is 0 Å². The van der Waals surface area contributed by atoms with Gasteiger partial charge in [0.15, 0.2) is 0 Å². The van der Waals surface area contributed by atoms with Crippen LogP contribution in [0.3, 0.4) is 0 Å². The van der Waals surface area contributed by atoms with Crippen LogP contribution in [-0.2, 0) is 16.1 Å². The number of rotatable bonds is 37. The van der Waals surface area contributed by atoms with E-state index in [1.165, 1.54) is 89.9 Å². The molecule has 0 aliphatic rings. The lowest BCUT2D eigenvalue weighted by Gasteiger charge is -2.12. The van der Waals surface area contributed by atoms with E-state index >= 15 is 0 Å². The highest BCUT2D eigenvalue weighted by Crippen LogP contribution is 2.15. The average molecular weight is 790 g/mol. The molecule has 0 spiro atoms. The van der Waals surface area contributed by atoms with Crippen LogP contribution in [0.25, 0.3) is 0 Å². The van der Waals surface area contributed by atoms with Gasteiger partial charge in [0.1, 0.15) is 6.61 Å². The Labute approximate surface area is 349 Å². The number of nitrogens with one attached hydrogen (secondary N) is 2. The summed E-state index contributed by atoms with van der Waals surface area (Å²) in [5, 5.41) is 6.08. The standard InChI is InChI=1S/C50H83N3O4/c1-5-7-9-11-13-15-17-19-21-23-25-27-29-31-33-35-38-51-49(55)46-41-45(44-57-48(54)37-40-53(3)4)42-47(43-46)50(56)52-39-36-34-32-30-28-26-24-22-20-18-16-14-12-10-8-6-2/h13-16,19-22,41-43H,5-12,17-18,23-40,44H2,1-4H3,(H,51,55)(H,52,56). The number of ether oxygens (including phenoxy) is 1. The third kappa shape index (κ3) is 32.2. The molecule has 0 heterocycles. The minimum Gasteiger partial charge on any atom is -0.461 e. The molecule has 0 aliphatic carbocycles. The summed E-state index contributed by atoms with van der Waals surface area (Å²) in [6.45, 7) is 6.28. The van der Waals surface area contributed by atoms with E-state index in [-0.39, 0.29) is 30.8 Å². The van der Waals surface area contributed by atoms with Crippen molar-refractivity contribution in [1.29, 1.82) is 0 Å². The summed E-state index contributed by atoms with van der Waals surface area (Å²) in [4.78, 5) is 40.6. The number of allylic oxidation sites excluding steroid dienone is 8. The molecule has 322 valence electrons. The number of carbonyl (C=O) groups excluding carboxylic acids is 3. The van der Waals surface area contributed by atoms with Crippen LogP contribution in [0.1, 0.15) is 201 Å². The predicted molar refractivity (Wildman–Crippen MR) is 243 cm³/mol. The number of amides is 2. The molecule has 1 aromatic rings. The van der Waals surface area contributed by atoms with Crippen molar-refractivity contribution in [2.45, 2.75) is 181 Å². The number of hydrogen-bond acceptors (Lipinski definition) is 5. The van der Waals surface area contributed by atoms with E-state index in [1.54, 1.807) is 18.2 Å². The van der Waals surface area contributed by atoms with Crippen molar-refractivity contribution < 1.29 is 19.1 Å². The molecule has 1 rings (SSSR count). The summed E-state index contributed by atoms with van der Waals surface area (Å²) in [6, 6.07) is 5.11. The molecule has 0 bridgehead atoms. The largest absolute Gasteiger partial charge is 0.461 e. The predicted octanol–water partition coefficient (Wildman–Crippen LogP) is 12.8. The van der Waals surface area contributed by atoms with Crippen LogP contribution in [0, 0.1) is 0 Å². The minimum atomic E-state index is -0.306. The van der Waals surface area contributed by atoms with Crippen LogP contribution in [0.15, 0.2) is 66.8 Å². The van der Waals surface area contributed by atoms with E-state index in [0.717, 1.165) is 64.2 Å². The Balaban J connectivity index is 2.41. The molecule has 0 aliphatic heterocycles. The van der Waals surface area contributed by atoms with Crippen molar-refractivity contribution in [2.75, 3.05) is 33.7 Å². The zero-order valence-corrected chi connectivity index (χ0v) is 36.9. The average Bonchev–Trinajstić information content (AvgIpc) is 3.21. The normalized spacial score (nSPS) is 11.9. The molecule has 2 N–H and O–H groups in total. The van der Waals surface area contributed by atoms with Crippen molar-refractivity contribution in [3.05, 3.63) is 83.5 Å². The van der Waals surface area contributed by atoms with Crippen LogP contribution >= 0.6 is 0 Å². The smallest absolute Gasteiger partial charge is 0.307 e. The second-order valence-corrected chi connectivity index (χ2v) is 15.8. The van der Waals surface area contributed by atoms with Crippen molar-refractivity contribution in [1.82, 2.24) is 15.5 Å². The number of unbranched alkanes of at least 4 members (excludes halogenated alkanes) is 18. The van der Waals surface area contributed by atoms with E-state index in [2.05, 4.69) is 73.1 Å². The van der Waals surface area contributed by atoms with E-state index in [4.69, 9.17) is 4.74 Å². The Morgan fingerprint density at radius 3 is 1.32 bits per heavy atom. The van der Waals surface area contributed by atoms with Crippen molar-refractivity contribution in [2.24, 2.45) is 0 Å². The molecule has 0 radical (unpaired) electrons. The first-order valence-corrected chi connectivity index (χ1v) is 23.0. The van der Waals surface area contributed by atoms with Gasteiger partial charge in [-0.3, -0.25) is 14.4 Å². The summed E-state index contributed by atoms with van der Waals surface area (Å²) in [5.41, 5.74) is 1.46. The van der Waals surface area contributed by atoms with Gasteiger partial charge in [-0.2, -0.15) is 0 Å². The van der Waals surface area contributed by atoms with Crippen molar-refractivity contribution in [3.63, 3.8) is 0 Å². The molecule has 0 saturated heterocycles. The van der Waals surface area contributed by atoms with Gasteiger partial charge in [-0.15, -0.1) is 0 Å². The van der Waals surface area contributed by atoms with Crippen LogP contribution < -0.4 is 10.6 Å². The SMILES string of the molecule is CCCCCC=CCC=CCCCCCCCCNC(=O)c1cc(COC(=O)CCN(C)C)cc(C(=O)NCCCCCCCCC=CCC=CCCCCC)c1. The summed E-state index contributed by atoms with van der Waals surface area (Å²) in [6.07, 6.45) is 46.8. The molecule has 2 amide bonds. The molecular formula is C50H83N3O4. The molecular weight excluding hydrogens is 707 g/mol. The quantitative estimate of drug-likeness (QED) is 0.0398. The lowest BCUT2D eigenvalue weighted by molar-refractivity contribution is -0.145. The highest BCUT2D eigenvalue weighted by molar-refractivity contribution is 6.00. The van der Waals surface area contributed by atoms with Crippen LogP contribution in [-0.4, -0.2) is 56.4 Å². The lowest BCUT2D eigenvalue weighted by atomic mass is 10.0. The second kappa shape index (κ2) is 38.1. The fourth-order valence-corrected chi connectivity index (χ4v) is 6.42. The Kier molecular flexibility index (Phi) is 34.5. The van der Waals surface area contributed by atoms with Gasteiger partial charge in [-0.05, 0) is 115 Å². The molecule has 0 fully saturated rings. The number of hydrogen-bond donors (Lipinski definition) is 2. The van der Waals surface area contributed by atoms with Gasteiger partial charge in [0, 0.05) is 30.8 Å². The van der Waals surface area contributed by atoms with Crippen LogP contribution in [0.5, 0.6) is 0 Å². The molecule has 7 nitrogen and oxygen atoms in total. The zero-order valence-electron chi connectivity index (χ0n) is 36.9. The van der Waals surface area contributed by atoms with E-state index in [1.807, 2.05) is 19.0 Å². The van der Waals surface area contributed by atoms with E-state index in [9.17, 15) is 14.4 Å². The maximum absolute atomic E-state index is 13.2. The third-order valence-corrected chi connectivity index (χ3v) is 10.0. The molecule has 0 atom stereocenters. The van der Waals surface area contributed by atoms with Gasteiger partial charge >= 0.3 is 5.97 Å². The molecule has 0 aromatic heterocycles. The summed E-state index contributed by atoms with van der Waals surface area (Å²) in [7, 11) is 3.82. The van der Waals surface area contributed by atoms with Crippen molar-refractivity contribution in [3.8, 4) is 0 Å². The number of carbonyl (C=O) groups is 3. The highest BCUT2D eigenvalue weighted by atomic mass is 16.5. The van der Waals surface area contributed by atoms with Gasteiger partial charge in [0.25, 0.3) is 11.8 Å². The molecule has 1 aromatic carbocycles. The fraction of sp³-hybridized carbons (Fsp3) is 0.660. The van der Waals surface area contributed by atoms with Crippen molar-refractivity contribution >= 4 is 17.8 Å². The van der Waals surface area contributed by atoms with Gasteiger partial charge in [0.2, 0.25) is 0 Å². The maximum Gasteiger partial charge on any atom is 0.307 e. The molecule has 0 unspecified atom stereocenters. The molecule has 57 heavy (non-hydrogen) atoms. The Hall–Kier alpha value is -3.45. The maximum atomic E-state index is 13.2. The second-order valence-electron chi connectivity index (χ2n) is 15.8. The number of nitrogens with zero attached hydrogens (tertiary/aromatic N) is 1. The summed E-state index contributed by atoms with van der Waals surface area (Å²) >= 11 is 0. The first-order chi connectivity index (χ1) is 27.9. The molecule has 7 heteroatoms. The Morgan fingerprint density at radius 2 is 0.912 bits per heavy atom. The lowest BCUT2D eigenvalue weighted by Crippen LogP contribution is -2.27. The molecule has 0 saturated carbocycles. The number of benzene rings is 1. The monoisotopic (exact) mass is 790 g/mol. The highest BCUT2D eigenvalue weighted by Gasteiger charge is 2.14.